The molecule has 1 amide bonds. The molecular formula is C16H32N2O2. The second-order valence-corrected chi connectivity index (χ2v) is 6.95. The Morgan fingerprint density at radius 3 is 2.35 bits per heavy atom. The summed E-state index contributed by atoms with van der Waals surface area (Å²) in [4.78, 5) is 14.9. The summed E-state index contributed by atoms with van der Waals surface area (Å²) in [6, 6.07) is 0.136. The van der Waals surface area contributed by atoms with E-state index in [-0.39, 0.29) is 18.1 Å². The molecule has 0 spiro atoms. The number of nitrogens with zero attached hydrogens (tertiary/aromatic N) is 1. The van der Waals surface area contributed by atoms with Crippen LogP contribution in [0.5, 0.6) is 0 Å². The van der Waals surface area contributed by atoms with Crippen LogP contribution in [0.1, 0.15) is 54.4 Å². The van der Waals surface area contributed by atoms with Crippen LogP contribution in [0.4, 0.5) is 0 Å². The molecule has 3 unspecified atom stereocenters. The van der Waals surface area contributed by atoms with E-state index < -0.39 is 5.54 Å². The largest absolute Gasteiger partial charge is 0.383 e. The van der Waals surface area contributed by atoms with Gasteiger partial charge in [-0.3, -0.25) is 10.1 Å². The third-order valence-corrected chi connectivity index (χ3v) is 4.39. The average molecular weight is 284 g/mol. The van der Waals surface area contributed by atoms with Crippen molar-refractivity contribution in [2.24, 2.45) is 11.8 Å². The van der Waals surface area contributed by atoms with Gasteiger partial charge in [-0.1, -0.05) is 34.6 Å². The van der Waals surface area contributed by atoms with Gasteiger partial charge in [0.2, 0.25) is 5.91 Å². The molecule has 0 saturated carbocycles. The topological polar surface area (TPSA) is 41.6 Å². The molecule has 4 nitrogen and oxygen atoms in total. The molecule has 1 heterocycles. The van der Waals surface area contributed by atoms with Gasteiger partial charge in [0, 0.05) is 7.11 Å². The molecule has 1 saturated heterocycles. The van der Waals surface area contributed by atoms with E-state index in [4.69, 9.17) is 4.74 Å². The summed E-state index contributed by atoms with van der Waals surface area (Å²) >= 11 is 0. The maximum Gasteiger partial charge on any atom is 0.244 e. The highest BCUT2D eigenvalue weighted by molar-refractivity contribution is 5.88. The Labute approximate surface area is 124 Å². The van der Waals surface area contributed by atoms with E-state index in [1.54, 1.807) is 7.11 Å². The van der Waals surface area contributed by atoms with Crippen molar-refractivity contribution < 1.29 is 9.53 Å². The lowest BCUT2D eigenvalue weighted by molar-refractivity contribution is -0.137. The van der Waals surface area contributed by atoms with Crippen molar-refractivity contribution in [3.8, 4) is 0 Å². The first-order chi connectivity index (χ1) is 9.26. The predicted molar refractivity (Wildman–Crippen MR) is 82.4 cm³/mol. The van der Waals surface area contributed by atoms with Crippen LogP contribution >= 0.6 is 0 Å². The zero-order chi connectivity index (χ0) is 15.5. The number of ether oxygens (including phenoxy) is 1. The van der Waals surface area contributed by atoms with Crippen molar-refractivity contribution in [3.05, 3.63) is 0 Å². The molecule has 0 aliphatic carbocycles. The quantitative estimate of drug-likeness (QED) is 0.781. The number of methoxy groups -OCH3 is 1. The summed E-state index contributed by atoms with van der Waals surface area (Å²) in [5.74, 6) is 1.16. The highest BCUT2D eigenvalue weighted by Gasteiger charge is 2.49. The van der Waals surface area contributed by atoms with Gasteiger partial charge in [-0.25, -0.2) is 0 Å². The Morgan fingerprint density at radius 2 is 1.95 bits per heavy atom. The van der Waals surface area contributed by atoms with E-state index in [0.29, 0.717) is 18.4 Å². The number of carbonyl (C=O) groups is 1. The highest BCUT2D eigenvalue weighted by Crippen LogP contribution is 2.30. The van der Waals surface area contributed by atoms with Crippen LogP contribution in [0.15, 0.2) is 0 Å². The number of nitrogens with one attached hydrogen (secondary N) is 1. The maximum absolute atomic E-state index is 12.9. The SMILES string of the molecule is CCC1(C)NC(CC(C)C)N(C(COC)C(C)C)C1=O. The molecule has 0 bridgehead atoms. The van der Waals surface area contributed by atoms with Gasteiger partial charge in [-0.15, -0.1) is 0 Å². The second-order valence-electron chi connectivity index (χ2n) is 6.95. The smallest absolute Gasteiger partial charge is 0.244 e. The summed E-state index contributed by atoms with van der Waals surface area (Å²) in [5.41, 5.74) is -0.430. The fourth-order valence-electron chi connectivity index (χ4n) is 2.94. The number of hydrogen-bond donors (Lipinski definition) is 1. The molecule has 0 aromatic heterocycles. The van der Waals surface area contributed by atoms with Gasteiger partial charge in [0.15, 0.2) is 0 Å². The molecule has 1 aliphatic heterocycles. The van der Waals surface area contributed by atoms with Gasteiger partial charge < -0.3 is 9.64 Å². The van der Waals surface area contributed by atoms with Crippen LogP contribution in [0.3, 0.4) is 0 Å². The first-order valence-electron chi connectivity index (χ1n) is 7.86. The van der Waals surface area contributed by atoms with E-state index in [1.807, 2.05) is 6.92 Å². The van der Waals surface area contributed by atoms with Crippen LogP contribution in [0.2, 0.25) is 0 Å². The van der Waals surface area contributed by atoms with Crippen molar-refractivity contribution in [2.45, 2.75) is 72.1 Å². The molecule has 0 radical (unpaired) electrons. The Morgan fingerprint density at radius 1 is 1.35 bits per heavy atom. The molecule has 0 aromatic rings. The summed E-state index contributed by atoms with van der Waals surface area (Å²) in [6.07, 6.45) is 1.92. The number of carbonyl (C=O) groups excluding carboxylic acids is 1. The zero-order valence-electron chi connectivity index (χ0n) is 14.2. The van der Waals surface area contributed by atoms with Crippen molar-refractivity contribution >= 4 is 5.91 Å². The van der Waals surface area contributed by atoms with E-state index in [0.717, 1.165) is 12.8 Å². The predicted octanol–water partition coefficient (Wildman–Crippen LogP) is 2.63. The lowest BCUT2D eigenvalue weighted by atomic mass is 9.97. The first kappa shape index (κ1) is 17.4. The fourth-order valence-corrected chi connectivity index (χ4v) is 2.94. The van der Waals surface area contributed by atoms with Crippen LogP contribution in [-0.2, 0) is 9.53 Å². The monoisotopic (exact) mass is 284 g/mol. The summed E-state index contributed by atoms with van der Waals surface area (Å²) in [6.45, 7) is 13.4. The summed E-state index contributed by atoms with van der Waals surface area (Å²) < 4.78 is 5.36. The van der Waals surface area contributed by atoms with Gasteiger partial charge in [-0.05, 0) is 31.6 Å². The van der Waals surface area contributed by atoms with Gasteiger partial charge in [0.1, 0.15) is 0 Å². The first-order valence-corrected chi connectivity index (χ1v) is 7.86. The molecule has 20 heavy (non-hydrogen) atoms. The van der Waals surface area contributed by atoms with Gasteiger partial charge >= 0.3 is 0 Å². The van der Waals surface area contributed by atoms with E-state index >= 15 is 0 Å². The minimum Gasteiger partial charge on any atom is -0.383 e. The molecule has 3 atom stereocenters. The molecule has 1 fully saturated rings. The third kappa shape index (κ3) is 3.53. The van der Waals surface area contributed by atoms with Gasteiger partial charge in [-0.2, -0.15) is 0 Å². The molecular weight excluding hydrogens is 252 g/mol. The lowest BCUT2D eigenvalue weighted by Crippen LogP contribution is -2.50. The zero-order valence-corrected chi connectivity index (χ0v) is 14.2. The molecule has 1 rings (SSSR count). The number of rotatable bonds is 7. The Balaban J connectivity index is 3.05. The van der Waals surface area contributed by atoms with Crippen LogP contribution in [0.25, 0.3) is 0 Å². The minimum atomic E-state index is -0.430. The molecule has 118 valence electrons. The van der Waals surface area contributed by atoms with E-state index in [2.05, 4.69) is 44.8 Å². The number of amides is 1. The normalized spacial score (nSPS) is 28.8. The van der Waals surface area contributed by atoms with Crippen molar-refractivity contribution in [2.75, 3.05) is 13.7 Å². The van der Waals surface area contributed by atoms with E-state index in [1.165, 1.54) is 0 Å². The average Bonchev–Trinajstić information content (AvgIpc) is 2.59. The highest BCUT2D eigenvalue weighted by atomic mass is 16.5. The molecule has 0 aromatic carbocycles. The summed E-state index contributed by atoms with van der Waals surface area (Å²) in [5, 5.41) is 3.56. The van der Waals surface area contributed by atoms with Crippen LogP contribution in [-0.4, -0.2) is 42.3 Å². The second kappa shape index (κ2) is 6.90. The lowest BCUT2D eigenvalue weighted by Gasteiger charge is -2.35. The van der Waals surface area contributed by atoms with Crippen molar-refractivity contribution in [1.29, 1.82) is 0 Å². The van der Waals surface area contributed by atoms with Crippen LogP contribution in [0, 0.1) is 11.8 Å². The van der Waals surface area contributed by atoms with Crippen molar-refractivity contribution in [1.82, 2.24) is 10.2 Å². The van der Waals surface area contributed by atoms with Gasteiger partial charge in [0.05, 0.1) is 24.4 Å². The minimum absolute atomic E-state index is 0.120. The third-order valence-electron chi connectivity index (χ3n) is 4.39. The van der Waals surface area contributed by atoms with Gasteiger partial charge in [0.25, 0.3) is 0 Å². The Kier molecular flexibility index (Phi) is 6.02. The van der Waals surface area contributed by atoms with Crippen molar-refractivity contribution in [3.63, 3.8) is 0 Å². The standard InChI is InChI=1S/C16H32N2O2/c1-8-16(6)15(19)18(13(10-20-7)12(4)5)14(17-16)9-11(2)3/h11-14,17H,8-10H2,1-7H3. The molecule has 4 heteroatoms. The maximum atomic E-state index is 12.9. The number of hydrogen-bond acceptors (Lipinski definition) is 3. The molecule has 1 aliphatic rings. The fraction of sp³-hybridized carbons (Fsp3) is 0.938. The Hall–Kier alpha value is -0.610. The van der Waals surface area contributed by atoms with Crippen LogP contribution < -0.4 is 5.32 Å². The van der Waals surface area contributed by atoms with E-state index in [9.17, 15) is 4.79 Å². The summed E-state index contributed by atoms with van der Waals surface area (Å²) in [7, 11) is 1.71. The molecule has 1 N–H and O–H groups in total. The Bertz CT molecular complexity index is 330.